The Morgan fingerprint density at radius 1 is 1.32 bits per heavy atom. The highest BCUT2D eigenvalue weighted by atomic mass is 16.7. The third kappa shape index (κ3) is 1.50. The van der Waals surface area contributed by atoms with E-state index in [-0.39, 0.29) is 12.3 Å². The third-order valence-electron chi connectivity index (χ3n) is 4.61. The molecule has 0 spiro atoms. The van der Waals surface area contributed by atoms with Crippen molar-refractivity contribution in [3.8, 4) is 0 Å². The molecule has 0 amide bonds. The van der Waals surface area contributed by atoms with Crippen LogP contribution in [0.3, 0.4) is 0 Å². The average Bonchev–Trinajstić information content (AvgIpc) is 2.48. The molecule has 2 N–H and O–H groups in total. The highest BCUT2D eigenvalue weighted by Crippen LogP contribution is 2.56. The van der Waals surface area contributed by atoms with Crippen LogP contribution in [0.25, 0.3) is 0 Å². The van der Waals surface area contributed by atoms with Gasteiger partial charge in [-0.15, -0.1) is 0 Å². The normalized spacial score (nSPS) is 42.1. The van der Waals surface area contributed by atoms with Crippen LogP contribution in [0.15, 0.2) is 35.5 Å². The zero-order valence-corrected chi connectivity index (χ0v) is 11.0. The highest BCUT2D eigenvalue weighted by molar-refractivity contribution is 5.93. The van der Waals surface area contributed by atoms with Crippen molar-refractivity contribution < 1.29 is 19.7 Å². The molecule has 3 rings (SSSR count). The molecule has 0 radical (unpaired) electrons. The van der Waals surface area contributed by atoms with Crippen molar-refractivity contribution in [2.24, 2.45) is 5.92 Å². The molecule has 19 heavy (non-hydrogen) atoms. The molecule has 102 valence electrons. The van der Waals surface area contributed by atoms with E-state index >= 15 is 0 Å². The van der Waals surface area contributed by atoms with Crippen LogP contribution in [0.4, 0.5) is 0 Å². The van der Waals surface area contributed by atoms with Crippen molar-refractivity contribution in [3.63, 3.8) is 0 Å². The average molecular weight is 262 g/mol. The lowest BCUT2D eigenvalue weighted by Crippen LogP contribution is -2.55. The summed E-state index contributed by atoms with van der Waals surface area (Å²) in [6.07, 6.45) is 2.11. The van der Waals surface area contributed by atoms with Gasteiger partial charge < -0.3 is 14.9 Å². The van der Waals surface area contributed by atoms with Crippen LogP contribution >= 0.6 is 0 Å². The van der Waals surface area contributed by atoms with E-state index in [0.29, 0.717) is 17.6 Å². The molecule has 0 aromatic heterocycles. The molecule has 0 aromatic carbocycles. The van der Waals surface area contributed by atoms with Crippen molar-refractivity contribution >= 4 is 5.97 Å². The van der Waals surface area contributed by atoms with Gasteiger partial charge in [0.25, 0.3) is 0 Å². The SMILES string of the molecule is C=C1CC[C@@H]2C(=C)C[C@@]3(O)OC(=O)C(C)=C3[C@@]2(O)C1. The van der Waals surface area contributed by atoms with E-state index in [4.69, 9.17) is 4.74 Å². The molecule has 0 bridgehead atoms. The van der Waals surface area contributed by atoms with Gasteiger partial charge in [0.2, 0.25) is 5.79 Å². The number of hydrogen-bond acceptors (Lipinski definition) is 4. The third-order valence-corrected chi connectivity index (χ3v) is 4.61. The quantitative estimate of drug-likeness (QED) is 0.514. The minimum Gasteiger partial charge on any atom is -0.425 e. The zero-order chi connectivity index (χ0) is 14.0. The maximum Gasteiger partial charge on any atom is 0.336 e. The summed E-state index contributed by atoms with van der Waals surface area (Å²) in [6.45, 7) is 9.49. The first-order valence-corrected chi connectivity index (χ1v) is 6.52. The first-order chi connectivity index (χ1) is 8.78. The van der Waals surface area contributed by atoms with Gasteiger partial charge in [-0.2, -0.15) is 0 Å². The largest absolute Gasteiger partial charge is 0.425 e. The molecule has 1 heterocycles. The van der Waals surface area contributed by atoms with E-state index < -0.39 is 17.4 Å². The Balaban J connectivity index is 2.19. The molecular weight excluding hydrogens is 244 g/mol. The van der Waals surface area contributed by atoms with Crippen molar-refractivity contribution in [1.82, 2.24) is 0 Å². The van der Waals surface area contributed by atoms with Crippen LogP contribution in [0.2, 0.25) is 0 Å². The Kier molecular flexibility index (Phi) is 2.38. The molecule has 0 saturated heterocycles. The van der Waals surface area contributed by atoms with Crippen LogP contribution < -0.4 is 0 Å². The Labute approximate surface area is 112 Å². The maximum atomic E-state index is 11.7. The van der Waals surface area contributed by atoms with E-state index in [0.717, 1.165) is 24.0 Å². The standard InChI is InChI=1S/C15H18O4/c1-8-4-5-11-9(2)7-15(18)12(14(11,17)6-8)10(3)13(16)19-15/h11,17-18H,1-2,4-7H2,3H3/t11-,14-,15-/m1/s1. The maximum absolute atomic E-state index is 11.7. The molecule has 1 aliphatic heterocycles. The summed E-state index contributed by atoms with van der Waals surface area (Å²) >= 11 is 0. The van der Waals surface area contributed by atoms with Gasteiger partial charge in [-0.3, -0.25) is 0 Å². The summed E-state index contributed by atoms with van der Waals surface area (Å²) in [4.78, 5) is 11.7. The topological polar surface area (TPSA) is 66.8 Å². The number of ether oxygens (including phenoxy) is 1. The Morgan fingerprint density at radius 3 is 2.68 bits per heavy atom. The van der Waals surface area contributed by atoms with Gasteiger partial charge in [-0.25, -0.2) is 4.79 Å². The number of hydrogen-bond donors (Lipinski definition) is 2. The van der Waals surface area contributed by atoms with Crippen molar-refractivity contribution in [2.75, 3.05) is 0 Å². The van der Waals surface area contributed by atoms with Gasteiger partial charge in [0.05, 0.1) is 0 Å². The smallest absolute Gasteiger partial charge is 0.336 e. The summed E-state index contributed by atoms with van der Waals surface area (Å²) in [5, 5.41) is 21.6. The van der Waals surface area contributed by atoms with E-state index in [1.807, 2.05) is 0 Å². The minimum atomic E-state index is -1.72. The van der Waals surface area contributed by atoms with Gasteiger partial charge in [0.15, 0.2) is 0 Å². The summed E-state index contributed by atoms with van der Waals surface area (Å²) in [5.74, 6) is -2.42. The van der Waals surface area contributed by atoms with Crippen LogP contribution in [-0.2, 0) is 9.53 Å². The van der Waals surface area contributed by atoms with E-state index in [1.165, 1.54) is 0 Å². The van der Waals surface area contributed by atoms with Gasteiger partial charge in [0, 0.05) is 29.9 Å². The van der Waals surface area contributed by atoms with Crippen molar-refractivity contribution in [3.05, 3.63) is 35.5 Å². The lowest BCUT2D eigenvalue weighted by atomic mass is 9.60. The predicted molar refractivity (Wildman–Crippen MR) is 68.9 cm³/mol. The van der Waals surface area contributed by atoms with Gasteiger partial charge in [0.1, 0.15) is 5.60 Å². The molecule has 3 atom stereocenters. The molecule has 3 aliphatic rings. The van der Waals surface area contributed by atoms with Gasteiger partial charge in [-0.1, -0.05) is 24.3 Å². The van der Waals surface area contributed by atoms with Crippen molar-refractivity contribution in [1.29, 1.82) is 0 Å². The second kappa shape index (κ2) is 3.58. The number of fused-ring (bicyclic) bond motifs is 3. The molecule has 4 nitrogen and oxygen atoms in total. The van der Waals surface area contributed by atoms with E-state index in [9.17, 15) is 15.0 Å². The molecule has 0 unspecified atom stereocenters. The summed E-state index contributed by atoms with van der Waals surface area (Å²) in [5.41, 5.74) is 1.02. The van der Waals surface area contributed by atoms with Crippen LogP contribution in [0, 0.1) is 5.92 Å². The minimum absolute atomic E-state index is 0.141. The Bertz CT molecular complexity index is 544. The van der Waals surface area contributed by atoms with Crippen LogP contribution in [0.5, 0.6) is 0 Å². The molecule has 2 aliphatic carbocycles. The monoisotopic (exact) mass is 262 g/mol. The highest BCUT2D eigenvalue weighted by Gasteiger charge is 2.61. The summed E-state index contributed by atoms with van der Waals surface area (Å²) in [7, 11) is 0. The number of rotatable bonds is 0. The number of aliphatic hydroxyl groups is 2. The second-order valence-corrected chi connectivity index (χ2v) is 5.95. The number of carbonyl (C=O) groups is 1. The molecular formula is C15H18O4. The second-order valence-electron chi connectivity index (χ2n) is 5.95. The Morgan fingerprint density at radius 2 is 2.00 bits per heavy atom. The first kappa shape index (κ1) is 12.6. The molecule has 4 heteroatoms. The zero-order valence-electron chi connectivity index (χ0n) is 11.0. The lowest BCUT2D eigenvalue weighted by Gasteiger charge is -2.50. The van der Waals surface area contributed by atoms with E-state index in [2.05, 4.69) is 13.2 Å². The van der Waals surface area contributed by atoms with Gasteiger partial charge >= 0.3 is 5.97 Å². The van der Waals surface area contributed by atoms with Crippen LogP contribution in [-0.4, -0.2) is 27.6 Å². The first-order valence-electron chi connectivity index (χ1n) is 6.52. The molecule has 0 aromatic rings. The molecule has 2 saturated carbocycles. The fourth-order valence-electron chi connectivity index (χ4n) is 3.88. The number of carbonyl (C=O) groups excluding carboxylic acids is 1. The summed E-state index contributed by atoms with van der Waals surface area (Å²) < 4.78 is 5.08. The van der Waals surface area contributed by atoms with E-state index in [1.54, 1.807) is 6.92 Å². The fraction of sp³-hybridized carbons (Fsp3) is 0.533. The predicted octanol–water partition coefficient (Wildman–Crippen LogP) is 1.60. The number of esters is 1. The summed E-state index contributed by atoms with van der Waals surface area (Å²) in [6, 6.07) is 0. The Hall–Kier alpha value is -1.39. The lowest BCUT2D eigenvalue weighted by molar-refractivity contribution is -0.196. The fourth-order valence-corrected chi connectivity index (χ4v) is 3.88. The van der Waals surface area contributed by atoms with Crippen molar-refractivity contribution in [2.45, 2.75) is 44.0 Å². The molecule has 2 fully saturated rings. The van der Waals surface area contributed by atoms with Crippen LogP contribution in [0.1, 0.15) is 32.6 Å². The van der Waals surface area contributed by atoms with Gasteiger partial charge in [-0.05, 0) is 19.8 Å².